The summed E-state index contributed by atoms with van der Waals surface area (Å²) in [5, 5.41) is 11.4. The summed E-state index contributed by atoms with van der Waals surface area (Å²) in [6.07, 6.45) is 0. The van der Waals surface area contributed by atoms with E-state index in [0.717, 1.165) is 4.43 Å². The first-order valence-electron chi connectivity index (χ1n) is 4.12. The average molecular weight is 300 g/mol. The molecule has 72 valence electrons. The van der Waals surface area contributed by atoms with E-state index in [0.29, 0.717) is 17.7 Å². The molecule has 0 radical (unpaired) electrons. The summed E-state index contributed by atoms with van der Waals surface area (Å²) in [5.74, 6) is -0.126. The summed E-state index contributed by atoms with van der Waals surface area (Å²) >= 11 is 2.19. The van der Waals surface area contributed by atoms with Crippen LogP contribution in [0.2, 0.25) is 0 Å². The second-order valence-electron chi connectivity index (χ2n) is 2.64. The molecule has 3 nitrogen and oxygen atoms in total. The highest BCUT2D eigenvalue weighted by Gasteiger charge is 2.04. The summed E-state index contributed by atoms with van der Waals surface area (Å²) in [6.45, 7) is 0.649. The van der Waals surface area contributed by atoms with E-state index in [1.165, 1.54) is 0 Å². The molecule has 0 aliphatic carbocycles. The molecular weight excluding hydrogens is 291 g/mol. The van der Waals surface area contributed by atoms with Crippen LogP contribution in [0.4, 0.5) is 0 Å². The van der Waals surface area contributed by atoms with Gasteiger partial charge in [-0.05, 0) is 18.2 Å². The average Bonchev–Trinajstić information content (AvgIpc) is 2.26. The van der Waals surface area contributed by atoms with Gasteiger partial charge in [-0.2, -0.15) is 5.26 Å². The van der Waals surface area contributed by atoms with Crippen molar-refractivity contribution in [2.75, 3.05) is 11.0 Å². The van der Waals surface area contributed by atoms with E-state index in [-0.39, 0.29) is 5.91 Å². The number of hydrogen-bond acceptors (Lipinski definition) is 2. The molecule has 0 aliphatic rings. The van der Waals surface area contributed by atoms with Crippen molar-refractivity contribution in [3.8, 4) is 6.07 Å². The van der Waals surface area contributed by atoms with Gasteiger partial charge in [-0.1, -0.05) is 28.7 Å². The Morgan fingerprint density at radius 3 is 3.00 bits per heavy atom. The van der Waals surface area contributed by atoms with E-state index < -0.39 is 0 Å². The van der Waals surface area contributed by atoms with Gasteiger partial charge in [0.25, 0.3) is 5.91 Å². The Morgan fingerprint density at radius 2 is 2.36 bits per heavy atom. The smallest absolute Gasteiger partial charge is 0.251 e. The van der Waals surface area contributed by atoms with Crippen LogP contribution < -0.4 is 5.32 Å². The molecule has 1 N–H and O–H groups in total. The van der Waals surface area contributed by atoms with Gasteiger partial charge >= 0.3 is 0 Å². The lowest BCUT2D eigenvalue weighted by Gasteiger charge is -2.02. The number of carbonyl (C=O) groups excluding carboxylic acids is 1. The lowest BCUT2D eigenvalue weighted by Crippen LogP contribution is -2.25. The van der Waals surface area contributed by atoms with Crippen LogP contribution in [0.25, 0.3) is 0 Å². The second kappa shape index (κ2) is 5.60. The lowest BCUT2D eigenvalue weighted by atomic mass is 10.1. The number of hydrogen-bond donors (Lipinski definition) is 1. The van der Waals surface area contributed by atoms with Crippen LogP contribution in [-0.2, 0) is 0 Å². The van der Waals surface area contributed by atoms with Crippen molar-refractivity contribution in [3.63, 3.8) is 0 Å². The molecule has 0 spiro atoms. The van der Waals surface area contributed by atoms with Crippen LogP contribution in [-0.4, -0.2) is 16.9 Å². The van der Waals surface area contributed by atoms with Crippen molar-refractivity contribution in [1.29, 1.82) is 5.26 Å². The maximum absolute atomic E-state index is 11.4. The summed E-state index contributed by atoms with van der Waals surface area (Å²) in [7, 11) is 0. The van der Waals surface area contributed by atoms with Crippen LogP contribution in [0.5, 0.6) is 0 Å². The van der Waals surface area contributed by atoms with Crippen LogP contribution in [0, 0.1) is 11.3 Å². The lowest BCUT2D eigenvalue weighted by molar-refractivity contribution is 0.0956. The molecule has 0 aliphatic heterocycles. The number of rotatable bonds is 3. The van der Waals surface area contributed by atoms with Gasteiger partial charge in [-0.25, -0.2) is 0 Å². The molecule has 14 heavy (non-hydrogen) atoms. The molecule has 1 aromatic carbocycles. The van der Waals surface area contributed by atoms with Crippen molar-refractivity contribution in [2.24, 2.45) is 0 Å². The predicted octanol–water partition coefficient (Wildman–Crippen LogP) is 1.72. The van der Waals surface area contributed by atoms with Gasteiger partial charge in [0.2, 0.25) is 0 Å². The molecule has 0 bridgehead atoms. The molecule has 1 rings (SSSR count). The SMILES string of the molecule is N#Cc1cccc(C(=O)NCCI)c1. The Morgan fingerprint density at radius 1 is 1.57 bits per heavy atom. The van der Waals surface area contributed by atoms with Crippen LogP contribution in [0.15, 0.2) is 24.3 Å². The van der Waals surface area contributed by atoms with Gasteiger partial charge in [-0.15, -0.1) is 0 Å². The van der Waals surface area contributed by atoms with E-state index in [1.54, 1.807) is 24.3 Å². The Hall–Kier alpha value is -1.09. The van der Waals surface area contributed by atoms with Gasteiger partial charge in [0.15, 0.2) is 0 Å². The molecule has 0 saturated heterocycles. The number of amides is 1. The van der Waals surface area contributed by atoms with E-state index in [2.05, 4.69) is 27.9 Å². The first kappa shape index (κ1) is 11.0. The minimum atomic E-state index is -0.126. The summed E-state index contributed by atoms with van der Waals surface area (Å²) < 4.78 is 0.876. The van der Waals surface area contributed by atoms with Crippen molar-refractivity contribution < 1.29 is 4.79 Å². The first-order chi connectivity index (χ1) is 6.77. The number of alkyl halides is 1. The van der Waals surface area contributed by atoms with Gasteiger partial charge < -0.3 is 5.32 Å². The predicted molar refractivity (Wildman–Crippen MR) is 62.4 cm³/mol. The number of benzene rings is 1. The van der Waals surface area contributed by atoms with Gasteiger partial charge in [-0.3, -0.25) is 4.79 Å². The van der Waals surface area contributed by atoms with E-state index in [4.69, 9.17) is 5.26 Å². The Labute approximate surface area is 96.3 Å². The van der Waals surface area contributed by atoms with Crippen LogP contribution in [0.3, 0.4) is 0 Å². The highest BCUT2D eigenvalue weighted by molar-refractivity contribution is 14.1. The molecule has 0 aromatic heterocycles. The largest absolute Gasteiger partial charge is 0.351 e. The van der Waals surface area contributed by atoms with E-state index in [9.17, 15) is 4.79 Å². The maximum Gasteiger partial charge on any atom is 0.251 e. The van der Waals surface area contributed by atoms with Crippen LogP contribution in [0.1, 0.15) is 15.9 Å². The normalized spacial score (nSPS) is 9.14. The quantitative estimate of drug-likeness (QED) is 0.682. The highest BCUT2D eigenvalue weighted by Crippen LogP contribution is 2.03. The van der Waals surface area contributed by atoms with Gasteiger partial charge in [0.1, 0.15) is 0 Å². The molecule has 0 heterocycles. The molecule has 4 heteroatoms. The first-order valence-corrected chi connectivity index (χ1v) is 5.65. The zero-order valence-corrected chi connectivity index (χ0v) is 9.61. The molecule has 0 atom stereocenters. The molecular formula is C10H9IN2O. The van der Waals surface area contributed by atoms with Crippen molar-refractivity contribution in [2.45, 2.75) is 0 Å². The second-order valence-corrected chi connectivity index (χ2v) is 3.72. The topological polar surface area (TPSA) is 52.9 Å². The maximum atomic E-state index is 11.4. The third-order valence-corrected chi connectivity index (χ3v) is 2.17. The molecule has 1 amide bonds. The minimum absolute atomic E-state index is 0.126. The Kier molecular flexibility index (Phi) is 4.40. The number of nitrogens with zero attached hydrogens (tertiary/aromatic N) is 1. The van der Waals surface area contributed by atoms with Crippen molar-refractivity contribution in [3.05, 3.63) is 35.4 Å². The van der Waals surface area contributed by atoms with Gasteiger partial charge in [0.05, 0.1) is 11.6 Å². The van der Waals surface area contributed by atoms with Gasteiger partial charge in [0, 0.05) is 16.5 Å². The number of nitrogens with one attached hydrogen (secondary N) is 1. The Bertz CT molecular complexity index is 371. The Balaban J connectivity index is 2.75. The number of nitriles is 1. The van der Waals surface area contributed by atoms with E-state index in [1.807, 2.05) is 6.07 Å². The molecule has 0 unspecified atom stereocenters. The summed E-state index contributed by atoms with van der Waals surface area (Å²) in [4.78, 5) is 11.4. The zero-order valence-electron chi connectivity index (χ0n) is 7.46. The fraction of sp³-hybridized carbons (Fsp3) is 0.200. The monoisotopic (exact) mass is 300 g/mol. The molecule has 1 aromatic rings. The van der Waals surface area contributed by atoms with Crippen molar-refractivity contribution >= 4 is 28.5 Å². The van der Waals surface area contributed by atoms with Crippen molar-refractivity contribution in [1.82, 2.24) is 5.32 Å². The highest BCUT2D eigenvalue weighted by atomic mass is 127. The van der Waals surface area contributed by atoms with E-state index >= 15 is 0 Å². The third kappa shape index (κ3) is 3.00. The fourth-order valence-corrected chi connectivity index (χ4v) is 1.26. The molecule has 0 saturated carbocycles. The van der Waals surface area contributed by atoms with Crippen LogP contribution >= 0.6 is 22.6 Å². The summed E-state index contributed by atoms with van der Waals surface area (Å²) in [6, 6.07) is 8.66. The summed E-state index contributed by atoms with van der Waals surface area (Å²) in [5.41, 5.74) is 1.04. The fourth-order valence-electron chi connectivity index (χ4n) is 0.993. The number of halogens is 1. The third-order valence-electron chi connectivity index (χ3n) is 1.63. The standard InChI is InChI=1S/C10H9IN2O/c11-4-5-13-10(14)9-3-1-2-8(6-9)7-12/h1-3,6H,4-5H2,(H,13,14). The number of carbonyl (C=O) groups is 1. The zero-order chi connectivity index (χ0) is 10.4. The molecule has 0 fully saturated rings. The minimum Gasteiger partial charge on any atom is -0.351 e.